The van der Waals surface area contributed by atoms with Crippen molar-refractivity contribution in [2.75, 3.05) is 64.4 Å². The van der Waals surface area contributed by atoms with Gasteiger partial charge in [-0.15, -0.1) is 24.0 Å². The van der Waals surface area contributed by atoms with Gasteiger partial charge < -0.3 is 25.2 Å². The molecule has 176 valence electrons. The summed E-state index contributed by atoms with van der Waals surface area (Å²) >= 11 is 0. The minimum Gasteiger partial charge on any atom is -0.482 e. The molecule has 0 unspecified atom stereocenters. The molecule has 0 bridgehead atoms. The Morgan fingerprint density at radius 1 is 1.19 bits per heavy atom. The number of para-hydroxylation sites is 2. The molecule has 1 aromatic carbocycles. The summed E-state index contributed by atoms with van der Waals surface area (Å²) in [5.41, 5.74) is 0.838. The summed E-state index contributed by atoms with van der Waals surface area (Å²) in [4.78, 5) is 34.9. The lowest BCUT2D eigenvalue weighted by Crippen LogP contribution is -2.54. The minimum absolute atomic E-state index is 0. The molecule has 1 saturated heterocycles. The molecule has 2 N–H and O–H groups in total. The molecule has 0 spiro atoms. The van der Waals surface area contributed by atoms with Gasteiger partial charge in [-0.25, -0.2) is 0 Å². The Balaban J connectivity index is 0.00000289. The zero-order chi connectivity index (χ0) is 21.6. The SMILES string of the molecule is CN=C(NCCCN1C(=O)COc2ccccc21)N1CCN(CC(=O)NC2CC2)CC1.I. The number of carbonyl (C=O) groups excluding carboxylic acids is 2. The molecular formula is C22H33IN6O3. The Labute approximate surface area is 206 Å². The Hall–Kier alpha value is -2.08. The third-order valence-electron chi connectivity index (χ3n) is 5.84. The number of amides is 2. The Bertz CT molecular complexity index is 824. The van der Waals surface area contributed by atoms with Crippen molar-refractivity contribution in [1.29, 1.82) is 0 Å². The van der Waals surface area contributed by atoms with Crippen LogP contribution in [0.3, 0.4) is 0 Å². The van der Waals surface area contributed by atoms with Gasteiger partial charge in [0.1, 0.15) is 5.75 Å². The second kappa shape index (κ2) is 11.7. The maximum atomic E-state index is 12.3. The van der Waals surface area contributed by atoms with Crippen molar-refractivity contribution >= 4 is 47.4 Å². The second-order valence-corrected chi connectivity index (χ2v) is 8.23. The van der Waals surface area contributed by atoms with Crippen molar-refractivity contribution in [1.82, 2.24) is 20.4 Å². The molecule has 32 heavy (non-hydrogen) atoms. The second-order valence-electron chi connectivity index (χ2n) is 8.23. The van der Waals surface area contributed by atoms with Gasteiger partial charge in [-0.2, -0.15) is 0 Å². The molecule has 4 rings (SSSR count). The first kappa shape index (κ1) is 24.6. The van der Waals surface area contributed by atoms with Crippen molar-refractivity contribution in [3.05, 3.63) is 24.3 Å². The van der Waals surface area contributed by atoms with E-state index in [1.807, 2.05) is 24.3 Å². The highest BCUT2D eigenvalue weighted by Gasteiger charge is 2.26. The number of carbonyl (C=O) groups is 2. The van der Waals surface area contributed by atoms with Gasteiger partial charge in [0.25, 0.3) is 5.91 Å². The van der Waals surface area contributed by atoms with E-state index in [0.29, 0.717) is 19.1 Å². The molecule has 3 aliphatic rings. The molecule has 1 aromatic rings. The van der Waals surface area contributed by atoms with Gasteiger partial charge in [-0.1, -0.05) is 12.1 Å². The number of hydrogen-bond acceptors (Lipinski definition) is 5. The molecule has 9 nitrogen and oxygen atoms in total. The number of halogens is 1. The lowest BCUT2D eigenvalue weighted by Gasteiger charge is -2.36. The third kappa shape index (κ3) is 6.47. The average molecular weight is 556 g/mol. The standard InChI is InChI=1S/C22H32N6O3.HI/c1-23-22(27-13-11-26(12-14-27)15-20(29)25-17-7-8-17)24-9-4-10-28-18-5-2-3-6-19(18)31-16-21(28)30;/h2-3,5-6,17H,4,7-16H2,1H3,(H,23,24)(H,25,29);1H. The van der Waals surface area contributed by atoms with Crippen LogP contribution in [0.25, 0.3) is 0 Å². The molecule has 2 amide bonds. The number of piperazine rings is 1. The van der Waals surface area contributed by atoms with Crippen LogP contribution in [0.4, 0.5) is 5.69 Å². The topological polar surface area (TPSA) is 89.5 Å². The van der Waals surface area contributed by atoms with E-state index in [0.717, 1.165) is 69.4 Å². The number of aliphatic imine (C=N–C) groups is 1. The third-order valence-corrected chi connectivity index (χ3v) is 5.84. The van der Waals surface area contributed by atoms with Crippen LogP contribution in [-0.2, 0) is 9.59 Å². The van der Waals surface area contributed by atoms with Crippen LogP contribution < -0.4 is 20.3 Å². The summed E-state index contributed by atoms with van der Waals surface area (Å²) in [5.74, 6) is 1.76. The zero-order valence-electron chi connectivity index (χ0n) is 18.6. The Morgan fingerprint density at radius 3 is 2.66 bits per heavy atom. The summed E-state index contributed by atoms with van der Waals surface area (Å²) in [6, 6.07) is 8.06. The van der Waals surface area contributed by atoms with Gasteiger partial charge in [0, 0.05) is 52.4 Å². The van der Waals surface area contributed by atoms with Gasteiger partial charge in [-0.05, 0) is 31.4 Å². The summed E-state index contributed by atoms with van der Waals surface area (Å²) in [6.45, 7) is 5.30. The smallest absolute Gasteiger partial charge is 0.265 e. The maximum Gasteiger partial charge on any atom is 0.265 e. The maximum absolute atomic E-state index is 12.3. The number of nitrogens with zero attached hydrogens (tertiary/aromatic N) is 4. The first-order chi connectivity index (χ1) is 15.1. The summed E-state index contributed by atoms with van der Waals surface area (Å²) < 4.78 is 5.50. The van der Waals surface area contributed by atoms with Crippen molar-refractivity contribution in [3.63, 3.8) is 0 Å². The van der Waals surface area contributed by atoms with E-state index in [-0.39, 0.29) is 42.4 Å². The predicted octanol–water partition coefficient (Wildman–Crippen LogP) is 0.892. The molecule has 1 aliphatic carbocycles. The van der Waals surface area contributed by atoms with Crippen LogP contribution in [0, 0.1) is 0 Å². The van der Waals surface area contributed by atoms with Gasteiger partial charge in [0.2, 0.25) is 5.91 Å². The molecular weight excluding hydrogens is 523 g/mol. The molecule has 2 heterocycles. The van der Waals surface area contributed by atoms with Gasteiger partial charge in [0.05, 0.1) is 12.2 Å². The lowest BCUT2D eigenvalue weighted by molar-refractivity contribution is -0.123. The number of hydrogen-bond donors (Lipinski definition) is 2. The van der Waals surface area contributed by atoms with E-state index in [9.17, 15) is 9.59 Å². The van der Waals surface area contributed by atoms with E-state index in [2.05, 4.69) is 25.4 Å². The Kier molecular flexibility index (Phi) is 8.97. The van der Waals surface area contributed by atoms with Gasteiger partial charge in [-0.3, -0.25) is 19.5 Å². The highest BCUT2D eigenvalue weighted by molar-refractivity contribution is 14.0. The fraction of sp³-hybridized carbons (Fsp3) is 0.591. The van der Waals surface area contributed by atoms with Crippen molar-refractivity contribution in [2.24, 2.45) is 4.99 Å². The molecule has 10 heteroatoms. The van der Waals surface area contributed by atoms with Crippen molar-refractivity contribution < 1.29 is 14.3 Å². The monoisotopic (exact) mass is 556 g/mol. The highest BCUT2D eigenvalue weighted by atomic mass is 127. The molecule has 2 aliphatic heterocycles. The van der Waals surface area contributed by atoms with Gasteiger partial charge in [0.15, 0.2) is 12.6 Å². The first-order valence-corrected chi connectivity index (χ1v) is 11.1. The van der Waals surface area contributed by atoms with Crippen LogP contribution in [0.2, 0.25) is 0 Å². The number of nitrogens with one attached hydrogen (secondary N) is 2. The number of ether oxygens (including phenoxy) is 1. The summed E-state index contributed by atoms with van der Waals surface area (Å²) in [5, 5.41) is 6.47. The molecule has 0 aromatic heterocycles. The van der Waals surface area contributed by atoms with E-state index in [1.165, 1.54) is 0 Å². The number of guanidine groups is 1. The fourth-order valence-electron chi connectivity index (χ4n) is 3.99. The van der Waals surface area contributed by atoms with Gasteiger partial charge >= 0.3 is 0 Å². The number of anilines is 1. The van der Waals surface area contributed by atoms with Crippen molar-refractivity contribution in [3.8, 4) is 5.75 Å². The van der Waals surface area contributed by atoms with E-state index in [4.69, 9.17) is 4.74 Å². The lowest BCUT2D eigenvalue weighted by atomic mass is 10.2. The molecule has 0 radical (unpaired) electrons. The predicted molar refractivity (Wildman–Crippen MR) is 135 cm³/mol. The van der Waals surface area contributed by atoms with E-state index >= 15 is 0 Å². The van der Waals surface area contributed by atoms with E-state index in [1.54, 1.807) is 11.9 Å². The quantitative estimate of drug-likeness (QED) is 0.225. The van der Waals surface area contributed by atoms with Crippen LogP contribution >= 0.6 is 24.0 Å². The minimum atomic E-state index is -0.00933. The van der Waals surface area contributed by atoms with Crippen LogP contribution in [0.15, 0.2) is 29.3 Å². The van der Waals surface area contributed by atoms with Crippen molar-refractivity contribution in [2.45, 2.75) is 25.3 Å². The largest absolute Gasteiger partial charge is 0.482 e. The fourth-order valence-corrected chi connectivity index (χ4v) is 3.99. The first-order valence-electron chi connectivity index (χ1n) is 11.1. The summed E-state index contributed by atoms with van der Waals surface area (Å²) in [7, 11) is 1.79. The summed E-state index contributed by atoms with van der Waals surface area (Å²) in [6.07, 6.45) is 3.04. The normalized spacial score (nSPS) is 19.0. The zero-order valence-corrected chi connectivity index (χ0v) is 20.9. The van der Waals surface area contributed by atoms with Crippen LogP contribution in [0.5, 0.6) is 5.75 Å². The number of rotatable bonds is 7. The number of fused-ring (bicyclic) bond motifs is 1. The van der Waals surface area contributed by atoms with Crippen LogP contribution in [0.1, 0.15) is 19.3 Å². The average Bonchev–Trinajstić information content (AvgIpc) is 3.59. The molecule has 1 saturated carbocycles. The number of benzene rings is 1. The highest BCUT2D eigenvalue weighted by Crippen LogP contribution is 2.31. The molecule has 0 atom stereocenters. The van der Waals surface area contributed by atoms with Crippen LogP contribution in [-0.4, -0.2) is 93.1 Å². The Morgan fingerprint density at radius 2 is 1.94 bits per heavy atom. The molecule has 2 fully saturated rings. The van der Waals surface area contributed by atoms with E-state index < -0.39 is 0 Å².